The Morgan fingerprint density at radius 2 is 1.74 bits per heavy atom. The van der Waals surface area contributed by atoms with Crippen LogP contribution < -0.4 is 5.32 Å². The summed E-state index contributed by atoms with van der Waals surface area (Å²) >= 11 is 0. The standard InChI is InChI=1S/C23H23N5O3/c29-21(13-27-22(30)16-5-1-2-6-17(16)23(27)31)25-12-15-9-10-20(24-11-15)28-14-26-18-7-3-4-8-19(18)28/h3-4,7-11,14,16-17H,1-2,5-6,12-13H2,(H,25,29)/t16-,17+. The normalized spacial score (nSPS) is 20.8. The van der Waals surface area contributed by atoms with Crippen LogP contribution in [0.5, 0.6) is 0 Å². The van der Waals surface area contributed by atoms with Crippen LogP contribution in [0.25, 0.3) is 16.9 Å². The van der Waals surface area contributed by atoms with E-state index >= 15 is 0 Å². The van der Waals surface area contributed by atoms with Crippen LogP contribution in [0.4, 0.5) is 0 Å². The van der Waals surface area contributed by atoms with Gasteiger partial charge in [-0.05, 0) is 36.6 Å². The first-order chi connectivity index (χ1) is 15.1. The quantitative estimate of drug-likeness (QED) is 0.642. The van der Waals surface area contributed by atoms with Crippen LogP contribution in [0.2, 0.25) is 0 Å². The minimum absolute atomic E-state index is 0.191. The van der Waals surface area contributed by atoms with E-state index in [9.17, 15) is 14.4 Å². The molecule has 2 aliphatic rings. The Balaban J connectivity index is 1.20. The van der Waals surface area contributed by atoms with Crippen LogP contribution in [0.15, 0.2) is 48.9 Å². The second kappa shape index (κ2) is 7.94. The maximum absolute atomic E-state index is 12.5. The molecule has 0 unspecified atom stereocenters. The molecule has 1 aliphatic carbocycles. The summed E-state index contributed by atoms with van der Waals surface area (Å²) in [5, 5.41) is 2.79. The molecule has 3 heterocycles. The van der Waals surface area contributed by atoms with E-state index in [-0.39, 0.29) is 42.6 Å². The Labute approximate surface area is 179 Å². The van der Waals surface area contributed by atoms with Gasteiger partial charge in [-0.15, -0.1) is 0 Å². The van der Waals surface area contributed by atoms with Crippen molar-refractivity contribution in [3.63, 3.8) is 0 Å². The summed E-state index contributed by atoms with van der Waals surface area (Å²) in [4.78, 5) is 47.4. The Kier molecular flexibility index (Phi) is 4.97. The summed E-state index contributed by atoms with van der Waals surface area (Å²) in [6.45, 7) is 0.0665. The number of pyridine rings is 1. The van der Waals surface area contributed by atoms with Gasteiger partial charge in [-0.2, -0.15) is 0 Å². The lowest BCUT2D eigenvalue weighted by Gasteiger charge is -2.19. The highest BCUT2D eigenvalue weighted by molar-refractivity contribution is 6.07. The molecule has 31 heavy (non-hydrogen) atoms. The minimum Gasteiger partial charge on any atom is -0.350 e. The highest BCUT2D eigenvalue weighted by atomic mass is 16.2. The third-order valence-electron chi connectivity index (χ3n) is 6.23. The predicted octanol–water partition coefficient (Wildman–Crippen LogP) is 2.21. The van der Waals surface area contributed by atoms with Crippen molar-refractivity contribution in [3.8, 4) is 5.82 Å². The number of benzene rings is 1. The summed E-state index contributed by atoms with van der Waals surface area (Å²) in [5.41, 5.74) is 2.69. The fourth-order valence-corrected chi connectivity index (χ4v) is 4.59. The minimum atomic E-state index is -0.343. The zero-order valence-electron chi connectivity index (χ0n) is 17.0. The molecule has 0 radical (unpaired) electrons. The SMILES string of the molecule is O=C(CN1C(=O)[C@H]2CCCC[C@H]2C1=O)NCc1ccc(-n2cnc3ccccc32)nc1. The zero-order chi connectivity index (χ0) is 21.4. The number of carbonyl (C=O) groups excluding carboxylic acids is 3. The molecular weight excluding hydrogens is 394 g/mol. The van der Waals surface area contributed by atoms with Crippen LogP contribution >= 0.6 is 0 Å². The smallest absolute Gasteiger partial charge is 0.240 e. The van der Waals surface area contributed by atoms with Gasteiger partial charge < -0.3 is 5.32 Å². The van der Waals surface area contributed by atoms with E-state index in [1.54, 1.807) is 12.5 Å². The summed E-state index contributed by atoms with van der Waals surface area (Å²) in [5.74, 6) is -0.452. The molecule has 2 atom stereocenters. The lowest BCUT2D eigenvalue weighted by Crippen LogP contribution is -2.40. The molecule has 2 fully saturated rings. The third kappa shape index (κ3) is 3.58. The number of imide groups is 1. The number of rotatable bonds is 5. The van der Waals surface area contributed by atoms with E-state index in [0.29, 0.717) is 0 Å². The first kappa shape index (κ1) is 19.4. The fourth-order valence-electron chi connectivity index (χ4n) is 4.59. The number of carbonyl (C=O) groups is 3. The maximum atomic E-state index is 12.5. The average Bonchev–Trinajstić information content (AvgIpc) is 3.34. The van der Waals surface area contributed by atoms with Gasteiger partial charge in [0.1, 0.15) is 18.7 Å². The number of nitrogens with one attached hydrogen (secondary N) is 1. The first-order valence-electron chi connectivity index (χ1n) is 10.6. The Bertz CT molecular complexity index is 1130. The second-order valence-corrected chi connectivity index (χ2v) is 8.16. The van der Waals surface area contributed by atoms with Gasteiger partial charge in [0.25, 0.3) is 0 Å². The zero-order valence-corrected chi connectivity index (χ0v) is 17.0. The van der Waals surface area contributed by atoms with E-state index in [0.717, 1.165) is 53.0 Å². The van der Waals surface area contributed by atoms with Crippen molar-refractivity contribution < 1.29 is 14.4 Å². The van der Waals surface area contributed by atoms with E-state index in [4.69, 9.17) is 0 Å². The molecule has 1 N–H and O–H groups in total. The number of fused-ring (bicyclic) bond motifs is 2. The molecule has 1 saturated heterocycles. The highest BCUT2D eigenvalue weighted by Gasteiger charge is 2.48. The predicted molar refractivity (Wildman–Crippen MR) is 113 cm³/mol. The lowest BCUT2D eigenvalue weighted by atomic mass is 9.81. The monoisotopic (exact) mass is 417 g/mol. The second-order valence-electron chi connectivity index (χ2n) is 8.16. The molecule has 3 aromatic rings. The molecule has 5 rings (SSSR count). The number of likely N-dealkylation sites (tertiary alicyclic amines) is 1. The lowest BCUT2D eigenvalue weighted by molar-refractivity contribution is -0.143. The number of hydrogen-bond donors (Lipinski definition) is 1. The molecular formula is C23H23N5O3. The van der Waals surface area contributed by atoms with E-state index in [1.807, 2.05) is 41.0 Å². The third-order valence-corrected chi connectivity index (χ3v) is 6.23. The average molecular weight is 417 g/mol. The van der Waals surface area contributed by atoms with Crippen molar-refractivity contribution in [1.29, 1.82) is 0 Å². The maximum Gasteiger partial charge on any atom is 0.240 e. The molecule has 0 bridgehead atoms. The summed E-state index contributed by atoms with van der Waals surface area (Å²) < 4.78 is 1.90. The Morgan fingerprint density at radius 3 is 2.45 bits per heavy atom. The molecule has 0 spiro atoms. The van der Waals surface area contributed by atoms with Gasteiger partial charge in [0.15, 0.2) is 0 Å². The number of amides is 3. The molecule has 158 valence electrons. The van der Waals surface area contributed by atoms with Gasteiger partial charge in [0, 0.05) is 12.7 Å². The van der Waals surface area contributed by atoms with Gasteiger partial charge in [0.05, 0.1) is 22.9 Å². The molecule has 8 heteroatoms. The number of imidazole rings is 1. The van der Waals surface area contributed by atoms with E-state index < -0.39 is 0 Å². The van der Waals surface area contributed by atoms with Gasteiger partial charge in [0.2, 0.25) is 17.7 Å². The summed E-state index contributed by atoms with van der Waals surface area (Å²) in [6.07, 6.45) is 6.87. The van der Waals surface area contributed by atoms with Crippen LogP contribution in [0.3, 0.4) is 0 Å². The summed E-state index contributed by atoms with van der Waals surface area (Å²) in [7, 11) is 0. The van der Waals surface area contributed by atoms with Gasteiger partial charge in [-0.25, -0.2) is 9.97 Å². The molecule has 2 aromatic heterocycles. The van der Waals surface area contributed by atoms with Gasteiger partial charge in [-0.3, -0.25) is 23.9 Å². The number of nitrogens with zero attached hydrogens (tertiary/aromatic N) is 4. The Hall–Kier alpha value is -3.55. The first-order valence-corrected chi connectivity index (χ1v) is 10.6. The van der Waals surface area contributed by atoms with Crippen molar-refractivity contribution in [2.45, 2.75) is 32.2 Å². The van der Waals surface area contributed by atoms with Crippen molar-refractivity contribution in [2.24, 2.45) is 11.8 Å². The molecule has 1 aliphatic heterocycles. The van der Waals surface area contributed by atoms with Crippen LogP contribution in [-0.4, -0.2) is 43.7 Å². The molecule has 3 amide bonds. The molecule has 1 saturated carbocycles. The van der Waals surface area contributed by atoms with E-state index in [2.05, 4.69) is 15.3 Å². The largest absolute Gasteiger partial charge is 0.350 e. The molecule has 1 aromatic carbocycles. The van der Waals surface area contributed by atoms with Crippen molar-refractivity contribution in [3.05, 3.63) is 54.5 Å². The van der Waals surface area contributed by atoms with Crippen LogP contribution in [0, 0.1) is 11.8 Å². The topological polar surface area (TPSA) is 97.2 Å². The van der Waals surface area contributed by atoms with Gasteiger partial charge in [-0.1, -0.05) is 31.0 Å². The van der Waals surface area contributed by atoms with Crippen LogP contribution in [0.1, 0.15) is 31.2 Å². The fraction of sp³-hybridized carbons (Fsp3) is 0.348. The van der Waals surface area contributed by atoms with E-state index in [1.165, 1.54) is 0 Å². The summed E-state index contributed by atoms with van der Waals surface area (Å²) in [6, 6.07) is 11.6. The van der Waals surface area contributed by atoms with Crippen molar-refractivity contribution >= 4 is 28.8 Å². The number of aromatic nitrogens is 3. The highest BCUT2D eigenvalue weighted by Crippen LogP contribution is 2.37. The van der Waals surface area contributed by atoms with Crippen LogP contribution in [-0.2, 0) is 20.9 Å². The van der Waals surface area contributed by atoms with Gasteiger partial charge >= 0.3 is 0 Å². The number of hydrogen-bond acceptors (Lipinski definition) is 5. The Morgan fingerprint density at radius 1 is 1.00 bits per heavy atom. The van der Waals surface area contributed by atoms with Crippen molar-refractivity contribution in [1.82, 2.24) is 24.8 Å². The molecule has 8 nitrogen and oxygen atoms in total. The van der Waals surface area contributed by atoms with Crippen molar-refractivity contribution in [2.75, 3.05) is 6.54 Å². The number of para-hydroxylation sites is 2.